The zero-order valence-electron chi connectivity index (χ0n) is 14.9. The lowest BCUT2D eigenvalue weighted by Gasteiger charge is -2.22. The molecular formula is C19H26N4OS. The number of nitrogens with one attached hydrogen (secondary N) is 1. The molecule has 1 fully saturated rings. The Morgan fingerprint density at radius 1 is 1.24 bits per heavy atom. The zero-order valence-corrected chi connectivity index (χ0v) is 15.8. The Morgan fingerprint density at radius 2 is 1.96 bits per heavy atom. The molecule has 5 nitrogen and oxygen atoms in total. The highest BCUT2D eigenvalue weighted by atomic mass is 32.2. The van der Waals surface area contributed by atoms with Crippen molar-refractivity contribution < 1.29 is 4.79 Å². The van der Waals surface area contributed by atoms with Gasteiger partial charge in [-0.1, -0.05) is 61.4 Å². The van der Waals surface area contributed by atoms with Gasteiger partial charge in [0.25, 0.3) is 0 Å². The summed E-state index contributed by atoms with van der Waals surface area (Å²) in [5.41, 5.74) is 1.03. The first-order chi connectivity index (χ1) is 12.1. The van der Waals surface area contributed by atoms with E-state index in [9.17, 15) is 4.79 Å². The van der Waals surface area contributed by atoms with Crippen LogP contribution in [0.3, 0.4) is 0 Å². The second-order valence-corrected chi connectivity index (χ2v) is 8.05. The number of amides is 1. The molecule has 1 amide bonds. The van der Waals surface area contributed by atoms with Crippen LogP contribution in [-0.4, -0.2) is 32.5 Å². The topological polar surface area (TPSA) is 59.8 Å². The maximum atomic E-state index is 12.4. The van der Waals surface area contributed by atoms with Crippen LogP contribution in [0.4, 0.5) is 0 Å². The Balaban J connectivity index is 1.56. The Labute approximate surface area is 153 Å². The molecule has 1 aliphatic carbocycles. The van der Waals surface area contributed by atoms with Crippen LogP contribution in [-0.2, 0) is 11.8 Å². The van der Waals surface area contributed by atoms with Gasteiger partial charge in [0, 0.05) is 19.2 Å². The quantitative estimate of drug-likeness (QED) is 0.801. The van der Waals surface area contributed by atoms with Crippen LogP contribution in [0, 0.1) is 5.92 Å². The average molecular weight is 359 g/mol. The molecule has 0 aliphatic heterocycles. The minimum Gasteiger partial charge on any atom is -0.355 e. The summed E-state index contributed by atoms with van der Waals surface area (Å²) in [7, 11) is 1.94. The van der Waals surface area contributed by atoms with Crippen LogP contribution in [0.2, 0.25) is 0 Å². The second kappa shape index (κ2) is 8.52. The molecule has 1 aromatic heterocycles. The van der Waals surface area contributed by atoms with Gasteiger partial charge in [-0.05, 0) is 25.7 Å². The van der Waals surface area contributed by atoms with Crippen molar-refractivity contribution in [2.75, 3.05) is 6.54 Å². The highest BCUT2D eigenvalue weighted by Gasteiger charge is 2.21. The minimum absolute atomic E-state index is 0.0832. The van der Waals surface area contributed by atoms with Crippen molar-refractivity contribution in [2.45, 2.75) is 49.4 Å². The van der Waals surface area contributed by atoms with E-state index in [-0.39, 0.29) is 11.2 Å². The summed E-state index contributed by atoms with van der Waals surface area (Å²) in [5.74, 6) is 1.55. The van der Waals surface area contributed by atoms with Crippen LogP contribution in [0.15, 0.2) is 35.5 Å². The van der Waals surface area contributed by atoms with E-state index in [0.29, 0.717) is 5.92 Å². The van der Waals surface area contributed by atoms with Gasteiger partial charge in [0.05, 0.1) is 5.25 Å². The highest BCUT2D eigenvalue weighted by molar-refractivity contribution is 8.00. The number of thioether (sulfide) groups is 1. The molecule has 1 atom stereocenters. The Kier molecular flexibility index (Phi) is 6.13. The summed E-state index contributed by atoms with van der Waals surface area (Å²) in [4.78, 5) is 12.4. The summed E-state index contributed by atoms with van der Waals surface area (Å²) < 4.78 is 1.95. The molecule has 1 N–H and O–H groups in total. The van der Waals surface area contributed by atoms with E-state index in [0.717, 1.165) is 23.1 Å². The Bertz CT molecular complexity index is 695. The third-order valence-corrected chi connectivity index (χ3v) is 5.94. The molecule has 134 valence electrons. The molecule has 0 radical (unpaired) electrons. The average Bonchev–Trinajstić information content (AvgIpc) is 3.01. The van der Waals surface area contributed by atoms with Gasteiger partial charge in [-0.2, -0.15) is 0 Å². The standard InChI is InChI=1S/C19H26N4OS/c1-14(18(24)20-13-15-9-5-3-6-10-15)25-19-22-21-17(23(19)2)16-11-7-4-8-12-16/h4,7-8,11-12,14-15H,3,5-6,9-10,13H2,1-2H3,(H,20,24). The first-order valence-electron chi connectivity index (χ1n) is 9.04. The van der Waals surface area contributed by atoms with Gasteiger partial charge in [0.1, 0.15) is 0 Å². The fraction of sp³-hybridized carbons (Fsp3) is 0.526. The van der Waals surface area contributed by atoms with Gasteiger partial charge in [-0.25, -0.2) is 0 Å². The minimum atomic E-state index is -0.185. The zero-order chi connectivity index (χ0) is 17.6. The predicted molar refractivity (Wildman–Crippen MR) is 101 cm³/mol. The molecular weight excluding hydrogens is 332 g/mol. The van der Waals surface area contributed by atoms with Crippen molar-refractivity contribution in [3.8, 4) is 11.4 Å². The highest BCUT2D eigenvalue weighted by Crippen LogP contribution is 2.26. The molecule has 0 spiro atoms. The largest absolute Gasteiger partial charge is 0.355 e. The Morgan fingerprint density at radius 3 is 2.68 bits per heavy atom. The SMILES string of the molecule is CC(Sc1nnc(-c2ccccc2)n1C)C(=O)NCC1CCCCC1. The number of hydrogen-bond donors (Lipinski definition) is 1. The fourth-order valence-electron chi connectivity index (χ4n) is 3.25. The van der Waals surface area contributed by atoms with Crippen molar-refractivity contribution in [2.24, 2.45) is 13.0 Å². The van der Waals surface area contributed by atoms with Crippen LogP contribution < -0.4 is 5.32 Å². The third kappa shape index (κ3) is 4.63. The molecule has 1 saturated carbocycles. The third-order valence-electron chi connectivity index (χ3n) is 4.81. The van der Waals surface area contributed by atoms with Crippen LogP contribution in [0.5, 0.6) is 0 Å². The van der Waals surface area contributed by atoms with E-state index in [1.165, 1.54) is 43.9 Å². The van der Waals surface area contributed by atoms with Gasteiger partial charge in [-0.15, -0.1) is 10.2 Å². The lowest BCUT2D eigenvalue weighted by Crippen LogP contribution is -2.35. The first-order valence-corrected chi connectivity index (χ1v) is 9.92. The molecule has 0 saturated heterocycles. The lowest BCUT2D eigenvalue weighted by molar-refractivity contribution is -0.120. The molecule has 0 bridgehead atoms. The number of nitrogens with zero attached hydrogens (tertiary/aromatic N) is 3. The van der Waals surface area contributed by atoms with Gasteiger partial charge >= 0.3 is 0 Å². The number of carbonyl (C=O) groups is 1. The first kappa shape index (κ1) is 18.0. The molecule has 1 heterocycles. The van der Waals surface area contributed by atoms with Crippen molar-refractivity contribution in [1.29, 1.82) is 0 Å². The van der Waals surface area contributed by atoms with E-state index >= 15 is 0 Å². The smallest absolute Gasteiger partial charge is 0.233 e. The summed E-state index contributed by atoms with van der Waals surface area (Å²) in [6.45, 7) is 2.73. The number of benzene rings is 1. The second-order valence-electron chi connectivity index (χ2n) is 6.74. The van der Waals surface area contributed by atoms with E-state index in [1.54, 1.807) is 0 Å². The van der Waals surface area contributed by atoms with E-state index in [1.807, 2.05) is 48.9 Å². The number of carbonyl (C=O) groups excluding carboxylic acids is 1. The summed E-state index contributed by atoms with van der Waals surface area (Å²) in [6.07, 6.45) is 6.42. The van der Waals surface area contributed by atoms with Gasteiger partial charge in [-0.3, -0.25) is 4.79 Å². The summed E-state index contributed by atoms with van der Waals surface area (Å²) >= 11 is 1.46. The number of aromatic nitrogens is 3. The molecule has 2 aromatic rings. The van der Waals surface area contributed by atoms with Crippen molar-refractivity contribution in [3.05, 3.63) is 30.3 Å². The number of rotatable bonds is 6. The van der Waals surface area contributed by atoms with Crippen molar-refractivity contribution in [1.82, 2.24) is 20.1 Å². The van der Waals surface area contributed by atoms with Crippen molar-refractivity contribution >= 4 is 17.7 Å². The molecule has 1 unspecified atom stereocenters. The maximum Gasteiger partial charge on any atom is 0.233 e. The van der Waals surface area contributed by atoms with E-state index < -0.39 is 0 Å². The van der Waals surface area contributed by atoms with Crippen LogP contribution in [0.1, 0.15) is 39.0 Å². The van der Waals surface area contributed by atoms with E-state index in [4.69, 9.17) is 0 Å². The predicted octanol–water partition coefficient (Wildman–Crippen LogP) is 3.66. The van der Waals surface area contributed by atoms with Crippen molar-refractivity contribution in [3.63, 3.8) is 0 Å². The summed E-state index contributed by atoms with van der Waals surface area (Å²) in [6, 6.07) is 9.97. The lowest BCUT2D eigenvalue weighted by atomic mass is 9.89. The monoisotopic (exact) mass is 358 g/mol. The van der Waals surface area contributed by atoms with Gasteiger partial charge in [0.15, 0.2) is 11.0 Å². The molecule has 3 rings (SSSR count). The van der Waals surface area contributed by atoms with E-state index in [2.05, 4.69) is 15.5 Å². The van der Waals surface area contributed by atoms with Gasteiger partial charge in [0.2, 0.25) is 5.91 Å². The molecule has 6 heteroatoms. The fourth-order valence-corrected chi connectivity index (χ4v) is 4.09. The molecule has 1 aromatic carbocycles. The molecule has 25 heavy (non-hydrogen) atoms. The Hall–Kier alpha value is -1.82. The van der Waals surface area contributed by atoms with Gasteiger partial charge < -0.3 is 9.88 Å². The maximum absolute atomic E-state index is 12.4. The summed E-state index contributed by atoms with van der Waals surface area (Å²) in [5, 5.41) is 12.2. The van der Waals surface area contributed by atoms with Crippen LogP contribution in [0.25, 0.3) is 11.4 Å². The van der Waals surface area contributed by atoms with Crippen LogP contribution >= 0.6 is 11.8 Å². The molecule has 1 aliphatic rings. The number of hydrogen-bond acceptors (Lipinski definition) is 4. The normalized spacial score (nSPS) is 16.6.